The fourth-order valence-electron chi connectivity index (χ4n) is 1.29. The van der Waals surface area contributed by atoms with Crippen LogP contribution in [0.5, 0.6) is 0 Å². The molecule has 0 amide bonds. The van der Waals surface area contributed by atoms with Crippen molar-refractivity contribution in [2.24, 2.45) is 5.73 Å². The average molecular weight is 274 g/mol. The fourth-order valence-corrected chi connectivity index (χ4v) is 1.70. The Balaban J connectivity index is 3.10. The Kier molecular flexibility index (Phi) is 4.26. The molecule has 15 heavy (non-hydrogen) atoms. The van der Waals surface area contributed by atoms with E-state index >= 15 is 0 Å². The first-order chi connectivity index (χ1) is 7.06. The van der Waals surface area contributed by atoms with Gasteiger partial charge >= 0.3 is 5.97 Å². The van der Waals surface area contributed by atoms with Crippen molar-refractivity contribution in [3.05, 3.63) is 33.8 Å². The van der Waals surface area contributed by atoms with Gasteiger partial charge in [-0.05, 0) is 23.3 Å². The number of methoxy groups -OCH3 is 1. The van der Waals surface area contributed by atoms with E-state index in [-0.39, 0.29) is 0 Å². The Hall–Kier alpha value is -0.910. The highest BCUT2D eigenvalue weighted by molar-refractivity contribution is 9.10. The summed E-state index contributed by atoms with van der Waals surface area (Å²) in [5.41, 5.74) is 6.90. The molecular weight excluding hydrogens is 262 g/mol. The van der Waals surface area contributed by atoms with E-state index in [0.717, 1.165) is 10.0 Å². The molecule has 1 aromatic carbocycles. The molecule has 82 valence electrons. The van der Waals surface area contributed by atoms with Gasteiger partial charge < -0.3 is 15.6 Å². The van der Waals surface area contributed by atoms with Crippen LogP contribution in [0.1, 0.15) is 17.2 Å². The van der Waals surface area contributed by atoms with Crippen LogP contribution in [-0.4, -0.2) is 18.2 Å². The third kappa shape index (κ3) is 3.02. The molecule has 0 fully saturated rings. The highest BCUT2D eigenvalue weighted by Crippen LogP contribution is 2.22. The smallest absolute Gasteiger partial charge is 0.325 e. The number of hydrogen-bond donors (Lipinski definition) is 2. The molecule has 4 nitrogen and oxygen atoms in total. The molecule has 0 saturated heterocycles. The molecule has 0 aliphatic rings. The van der Waals surface area contributed by atoms with E-state index in [1.165, 1.54) is 0 Å². The molecule has 0 aliphatic heterocycles. The van der Waals surface area contributed by atoms with Crippen LogP contribution < -0.4 is 5.73 Å². The summed E-state index contributed by atoms with van der Waals surface area (Å²) < 4.78 is 5.86. The predicted octanol–water partition coefficient (Wildman–Crippen LogP) is 1.68. The number of benzene rings is 1. The maximum absolute atomic E-state index is 10.8. The van der Waals surface area contributed by atoms with E-state index in [1.807, 2.05) is 6.07 Å². The summed E-state index contributed by atoms with van der Waals surface area (Å²) >= 11 is 3.31. The van der Waals surface area contributed by atoms with Crippen LogP contribution in [0.25, 0.3) is 0 Å². The SMILES string of the molecule is COCc1cc(Br)ccc1C(N)C(=O)O. The van der Waals surface area contributed by atoms with Gasteiger partial charge in [0.15, 0.2) is 0 Å². The van der Waals surface area contributed by atoms with Crippen molar-refractivity contribution in [3.8, 4) is 0 Å². The van der Waals surface area contributed by atoms with Crippen molar-refractivity contribution in [3.63, 3.8) is 0 Å². The summed E-state index contributed by atoms with van der Waals surface area (Å²) in [5, 5.41) is 8.82. The molecule has 1 atom stereocenters. The van der Waals surface area contributed by atoms with Crippen molar-refractivity contribution < 1.29 is 14.6 Å². The van der Waals surface area contributed by atoms with Crippen LogP contribution >= 0.6 is 15.9 Å². The molecule has 0 heterocycles. The molecule has 3 N–H and O–H groups in total. The summed E-state index contributed by atoms with van der Waals surface area (Å²) in [5.74, 6) is -1.05. The van der Waals surface area contributed by atoms with Gasteiger partial charge in [0.05, 0.1) is 6.61 Å². The summed E-state index contributed by atoms with van der Waals surface area (Å²) in [6.07, 6.45) is 0. The van der Waals surface area contributed by atoms with Crippen molar-refractivity contribution in [1.82, 2.24) is 0 Å². The van der Waals surface area contributed by atoms with Crippen molar-refractivity contribution in [2.75, 3.05) is 7.11 Å². The molecule has 0 saturated carbocycles. The minimum atomic E-state index is -1.05. The molecule has 0 spiro atoms. The minimum Gasteiger partial charge on any atom is -0.480 e. The van der Waals surface area contributed by atoms with Crippen LogP contribution in [0.15, 0.2) is 22.7 Å². The van der Waals surface area contributed by atoms with E-state index < -0.39 is 12.0 Å². The standard InChI is InChI=1S/C10H12BrNO3/c1-15-5-6-4-7(11)2-3-8(6)9(12)10(13)14/h2-4,9H,5,12H2,1H3,(H,13,14). The zero-order valence-corrected chi connectivity index (χ0v) is 9.82. The van der Waals surface area contributed by atoms with Gasteiger partial charge in [0.25, 0.3) is 0 Å². The highest BCUT2D eigenvalue weighted by Gasteiger charge is 2.17. The number of halogens is 1. The van der Waals surface area contributed by atoms with Crippen LogP contribution in [0.4, 0.5) is 0 Å². The number of carbonyl (C=O) groups is 1. The molecule has 0 radical (unpaired) electrons. The third-order valence-corrected chi connectivity index (χ3v) is 2.50. The molecule has 0 bridgehead atoms. The monoisotopic (exact) mass is 273 g/mol. The molecule has 5 heteroatoms. The second kappa shape index (κ2) is 5.25. The summed E-state index contributed by atoms with van der Waals surface area (Å²) in [6, 6.07) is 4.25. The Morgan fingerprint density at radius 3 is 2.87 bits per heavy atom. The normalized spacial score (nSPS) is 12.5. The lowest BCUT2D eigenvalue weighted by Gasteiger charge is -2.12. The molecular formula is C10H12BrNO3. The van der Waals surface area contributed by atoms with Gasteiger partial charge in [0.1, 0.15) is 6.04 Å². The average Bonchev–Trinajstić information content (AvgIpc) is 2.17. The number of ether oxygens (including phenoxy) is 1. The third-order valence-electron chi connectivity index (χ3n) is 2.01. The minimum absolute atomic E-state index is 0.343. The molecule has 0 aliphatic carbocycles. The second-order valence-corrected chi connectivity index (χ2v) is 4.01. The molecule has 1 aromatic rings. The number of carboxylic acids is 1. The lowest BCUT2D eigenvalue weighted by molar-refractivity contribution is -0.138. The molecule has 0 aromatic heterocycles. The van der Waals surface area contributed by atoms with Gasteiger partial charge in [-0.3, -0.25) is 4.79 Å². The fraction of sp³-hybridized carbons (Fsp3) is 0.300. The summed E-state index contributed by atoms with van der Waals surface area (Å²) in [4.78, 5) is 10.8. The lowest BCUT2D eigenvalue weighted by Crippen LogP contribution is -2.22. The van der Waals surface area contributed by atoms with Crippen LogP contribution in [0, 0.1) is 0 Å². The predicted molar refractivity (Wildman–Crippen MR) is 59.4 cm³/mol. The van der Waals surface area contributed by atoms with E-state index in [4.69, 9.17) is 15.6 Å². The highest BCUT2D eigenvalue weighted by atomic mass is 79.9. The Morgan fingerprint density at radius 1 is 1.67 bits per heavy atom. The first-order valence-electron chi connectivity index (χ1n) is 4.32. The maximum atomic E-state index is 10.8. The topological polar surface area (TPSA) is 72.5 Å². The van der Waals surface area contributed by atoms with Gasteiger partial charge in [0, 0.05) is 11.6 Å². The number of rotatable bonds is 4. The van der Waals surface area contributed by atoms with E-state index in [9.17, 15) is 4.79 Å². The zero-order valence-electron chi connectivity index (χ0n) is 8.24. The van der Waals surface area contributed by atoms with Gasteiger partial charge in [-0.15, -0.1) is 0 Å². The Bertz CT molecular complexity index is 368. The first kappa shape index (κ1) is 12.2. The van der Waals surface area contributed by atoms with E-state index in [2.05, 4.69) is 15.9 Å². The first-order valence-corrected chi connectivity index (χ1v) is 5.11. The zero-order chi connectivity index (χ0) is 11.4. The van der Waals surface area contributed by atoms with Gasteiger partial charge in [-0.2, -0.15) is 0 Å². The summed E-state index contributed by atoms with van der Waals surface area (Å²) in [7, 11) is 1.55. The second-order valence-electron chi connectivity index (χ2n) is 3.09. The van der Waals surface area contributed by atoms with Crippen molar-refractivity contribution in [2.45, 2.75) is 12.6 Å². The number of nitrogens with two attached hydrogens (primary N) is 1. The van der Waals surface area contributed by atoms with Crippen molar-refractivity contribution in [1.29, 1.82) is 0 Å². The summed E-state index contributed by atoms with van der Waals surface area (Å²) in [6.45, 7) is 0.343. The number of hydrogen-bond acceptors (Lipinski definition) is 3. The van der Waals surface area contributed by atoms with E-state index in [0.29, 0.717) is 12.2 Å². The number of carboxylic acid groups (broad SMARTS) is 1. The largest absolute Gasteiger partial charge is 0.480 e. The number of aliphatic carboxylic acids is 1. The Morgan fingerprint density at radius 2 is 2.33 bits per heavy atom. The van der Waals surface area contributed by atoms with E-state index in [1.54, 1.807) is 19.2 Å². The van der Waals surface area contributed by atoms with Crippen LogP contribution in [-0.2, 0) is 16.1 Å². The van der Waals surface area contributed by atoms with Crippen LogP contribution in [0.2, 0.25) is 0 Å². The van der Waals surface area contributed by atoms with Gasteiger partial charge in [-0.1, -0.05) is 22.0 Å². The molecule has 1 unspecified atom stereocenters. The van der Waals surface area contributed by atoms with Crippen LogP contribution in [0.3, 0.4) is 0 Å². The quantitative estimate of drug-likeness (QED) is 0.876. The van der Waals surface area contributed by atoms with Crippen molar-refractivity contribution >= 4 is 21.9 Å². The van der Waals surface area contributed by atoms with Gasteiger partial charge in [0.2, 0.25) is 0 Å². The van der Waals surface area contributed by atoms with Gasteiger partial charge in [-0.25, -0.2) is 0 Å². The Labute approximate surface area is 96.2 Å². The molecule has 1 rings (SSSR count). The lowest BCUT2D eigenvalue weighted by atomic mass is 10.0. The maximum Gasteiger partial charge on any atom is 0.325 e.